The van der Waals surface area contributed by atoms with E-state index >= 15 is 0 Å². The number of ether oxygens (including phenoxy) is 1. The van der Waals surface area contributed by atoms with E-state index in [2.05, 4.69) is 17.1 Å². The summed E-state index contributed by atoms with van der Waals surface area (Å²) in [6, 6.07) is 0.855. The van der Waals surface area contributed by atoms with Crippen molar-refractivity contribution in [2.75, 3.05) is 32.8 Å². The van der Waals surface area contributed by atoms with Crippen molar-refractivity contribution in [1.29, 1.82) is 0 Å². The molecule has 2 aliphatic carbocycles. The highest BCUT2D eigenvalue weighted by atomic mass is 16.5. The predicted molar refractivity (Wildman–Crippen MR) is 69.1 cm³/mol. The van der Waals surface area contributed by atoms with Crippen molar-refractivity contribution in [3.63, 3.8) is 0 Å². The molecule has 3 aliphatic rings. The van der Waals surface area contributed by atoms with Crippen molar-refractivity contribution in [3.8, 4) is 0 Å². The van der Waals surface area contributed by atoms with Crippen LogP contribution in [0.5, 0.6) is 0 Å². The number of hydrogen-bond acceptors (Lipinski definition) is 3. The van der Waals surface area contributed by atoms with Crippen LogP contribution in [-0.2, 0) is 4.74 Å². The Hall–Kier alpha value is -0.120. The molecule has 1 unspecified atom stereocenters. The molecule has 3 fully saturated rings. The summed E-state index contributed by atoms with van der Waals surface area (Å²) in [5, 5.41) is 3.82. The van der Waals surface area contributed by atoms with Crippen molar-refractivity contribution in [2.24, 2.45) is 11.8 Å². The first-order chi connectivity index (χ1) is 8.33. The normalized spacial score (nSPS) is 31.1. The van der Waals surface area contributed by atoms with Crippen LogP contribution in [0.2, 0.25) is 0 Å². The Balaban J connectivity index is 1.35. The van der Waals surface area contributed by atoms with Gasteiger partial charge in [-0.15, -0.1) is 0 Å². The van der Waals surface area contributed by atoms with Crippen LogP contribution in [0.1, 0.15) is 32.6 Å². The standard InChI is InChI=1S/C14H26N2O/c1-11-10-16(8-9-17-11)7-6-15-14(12-2-3-12)13-4-5-13/h11-15H,2-10H2,1H3. The van der Waals surface area contributed by atoms with E-state index in [4.69, 9.17) is 4.74 Å². The van der Waals surface area contributed by atoms with E-state index < -0.39 is 0 Å². The van der Waals surface area contributed by atoms with Crippen molar-refractivity contribution in [3.05, 3.63) is 0 Å². The van der Waals surface area contributed by atoms with Gasteiger partial charge in [0.1, 0.15) is 0 Å². The highest BCUT2D eigenvalue weighted by molar-refractivity contribution is 4.96. The molecule has 1 N–H and O–H groups in total. The van der Waals surface area contributed by atoms with Crippen molar-refractivity contribution in [1.82, 2.24) is 10.2 Å². The third-order valence-electron chi connectivity index (χ3n) is 4.39. The Labute approximate surface area is 105 Å². The minimum Gasteiger partial charge on any atom is -0.376 e. The van der Waals surface area contributed by atoms with Gasteiger partial charge in [0.25, 0.3) is 0 Å². The molecule has 17 heavy (non-hydrogen) atoms. The average Bonchev–Trinajstić information content (AvgIpc) is 3.15. The van der Waals surface area contributed by atoms with Gasteiger partial charge in [-0.2, -0.15) is 0 Å². The van der Waals surface area contributed by atoms with Gasteiger partial charge in [0.05, 0.1) is 12.7 Å². The zero-order chi connectivity index (χ0) is 11.7. The minimum absolute atomic E-state index is 0.423. The Kier molecular flexibility index (Phi) is 3.69. The number of morpholine rings is 1. The van der Waals surface area contributed by atoms with Crippen LogP contribution in [0.25, 0.3) is 0 Å². The second-order valence-electron chi connectivity index (χ2n) is 6.14. The van der Waals surface area contributed by atoms with E-state index in [1.807, 2.05) is 0 Å². The van der Waals surface area contributed by atoms with E-state index in [9.17, 15) is 0 Å². The number of hydrogen-bond donors (Lipinski definition) is 1. The molecule has 0 bridgehead atoms. The first-order valence-electron chi connectivity index (χ1n) is 7.40. The molecule has 0 spiro atoms. The van der Waals surface area contributed by atoms with Gasteiger partial charge in [0, 0.05) is 32.2 Å². The molecule has 0 radical (unpaired) electrons. The van der Waals surface area contributed by atoms with Crippen molar-refractivity contribution < 1.29 is 4.74 Å². The summed E-state index contributed by atoms with van der Waals surface area (Å²) in [6.07, 6.45) is 6.32. The second kappa shape index (κ2) is 5.25. The zero-order valence-electron chi connectivity index (χ0n) is 11.0. The highest BCUT2D eigenvalue weighted by Crippen LogP contribution is 2.44. The SMILES string of the molecule is CC1CN(CCNC(C2CC2)C2CC2)CCO1. The molecule has 0 aromatic rings. The molecule has 3 rings (SSSR count). The monoisotopic (exact) mass is 238 g/mol. The topological polar surface area (TPSA) is 24.5 Å². The first-order valence-corrected chi connectivity index (χ1v) is 7.40. The molecule has 98 valence electrons. The van der Waals surface area contributed by atoms with E-state index in [0.29, 0.717) is 6.10 Å². The van der Waals surface area contributed by atoms with E-state index in [0.717, 1.165) is 37.6 Å². The van der Waals surface area contributed by atoms with Crippen LogP contribution in [-0.4, -0.2) is 49.8 Å². The largest absolute Gasteiger partial charge is 0.376 e. The molecule has 1 aliphatic heterocycles. The zero-order valence-corrected chi connectivity index (χ0v) is 11.0. The van der Waals surface area contributed by atoms with Crippen LogP contribution < -0.4 is 5.32 Å². The van der Waals surface area contributed by atoms with Crippen LogP contribution in [0.4, 0.5) is 0 Å². The Morgan fingerprint density at radius 3 is 2.53 bits per heavy atom. The quantitative estimate of drug-likeness (QED) is 0.759. The smallest absolute Gasteiger partial charge is 0.0674 e. The van der Waals surface area contributed by atoms with Crippen molar-refractivity contribution in [2.45, 2.75) is 44.8 Å². The molecule has 3 nitrogen and oxygen atoms in total. The van der Waals surface area contributed by atoms with Gasteiger partial charge >= 0.3 is 0 Å². The summed E-state index contributed by atoms with van der Waals surface area (Å²) >= 11 is 0. The van der Waals surface area contributed by atoms with Gasteiger partial charge < -0.3 is 10.1 Å². The van der Waals surface area contributed by atoms with Gasteiger partial charge in [0.15, 0.2) is 0 Å². The molecule has 0 amide bonds. The third-order valence-corrected chi connectivity index (χ3v) is 4.39. The summed E-state index contributed by atoms with van der Waals surface area (Å²) in [5.74, 6) is 2.04. The lowest BCUT2D eigenvalue weighted by atomic mass is 10.1. The Bertz CT molecular complexity index is 239. The lowest BCUT2D eigenvalue weighted by Gasteiger charge is -2.31. The number of rotatable bonds is 6. The van der Waals surface area contributed by atoms with Gasteiger partial charge in [-0.25, -0.2) is 0 Å². The molecular weight excluding hydrogens is 212 g/mol. The summed E-state index contributed by atoms with van der Waals surface area (Å²) in [7, 11) is 0. The minimum atomic E-state index is 0.423. The van der Waals surface area contributed by atoms with Crippen LogP contribution in [0.3, 0.4) is 0 Å². The molecule has 2 saturated carbocycles. The van der Waals surface area contributed by atoms with E-state index in [1.165, 1.54) is 38.8 Å². The van der Waals surface area contributed by atoms with Gasteiger partial charge in [-0.05, 0) is 44.4 Å². The fourth-order valence-electron chi connectivity index (χ4n) is 3.11. The first kappa shape index (κ1) is 11.9. The Morgan fingerprint density at radius 1 is 1.24 bits per heavy atom. The average molecular weight is 238 g/mol. The van der Waals surface area contributed by atoms with Gasteiger partial charge in [-0.1, -0.05) is 0 Å². The van der Waals surface area contributed by atoms with Crippen LogP contribution in [0, 0.1) is 11.8 Å². The molecule has 1 atom stereocenters. The summed E-state index contributed by atoms with van der Waals surface area (Å²) in [5.41, 5.74) is 0. The van der Waals surface area contributed by atoms with Gasteiger partial charge in [0.2, 0.25) is 0 Å². The molecule has 1 heterocycles. The maximum atomic E-state index is 5.57. The van der Waals surface area contributed by atoms with Crippen molar-refractivity contribution >= 4 is 0 Å². The van der Waals surface area contributed by atoms with Crippen LogP contribution >= 0.6 is 0 Å². The Morgan fingerprint density at radius 2 is 1.94 bits per heavy atom. The molecule has 1 saturated heterocycles. The lowest BCUT2D eigenvalue weighted by Crippen LogP contribution is -2.45. The highest BCUT2D eigenvalue weighted by Gasteiger charge is 2.40. The van der Waals surface area contributed by atoms with E-state index in [1.54, 1.807) is 0 Å². The van der Waals surface area contributed by atoms with Crippen LogP contribution in [0.15, 0.2) is 0 Å². The van der Waals surface area contributed by atoms with Gasteiger partial charge in [-0.3, -0.25) is 4.90 Å². The lowest BCUT2D eigenvalue weighted by molar-refractivity contribution is -0.0179. The summed E-state index contributed by atoms with van der Waals surface area (Å²) in [6.45, 7) is 7.68. The maximum absolute atomic E-state index is 5.57. The predicted octanol–water partition coefficient (Wildman–Crippen LogP) is 1.49. The number of nitrogens with one attached hydrogen (secondary N) is 1. The summed E-state index contributed by atoms with van der Waals surface area (Å²) < 4.78 is 5.57. The van der Waals surface area contributed by atoms with E-state index in [-0.39, 0.29) is 0 Å². The fraction of sp³-hybridized carbons (Fsp3) is 1.00. The summed E-state index contributed by atoms with van der Waals surface area (Å²) in [4.78, 5) is 2.54. The molecule has 3 heteroatoms. The third kappa shape index (κ3) is 3.43. The second-order valence-corrected chi connectivity index (χ2v) is 6.14. The number of nitrogens with zero attached hydrogens (tertiary/aromatic N) is 1. The fourth-order valence-corrected chi connectivity index (χ4v) is 3.11. The molecule has 0 aromatic heterocycles. The molecule has 0 aromatic carbocycles. The maximum Gasteiger partial charge on any atom is 0.0674 e. The molecular formula is C14H26N2O.